The summed E-state index contributed by atoms with van der Waals surface area (Å²) in [5.74, 6) is 0.369. The molecule has 0 saturated heterocycles. The smallest absolute Gasteiger partial charge is 0.138 e. The molecule has 0 aromatic heterocycles. The molecule has 0 atom stereocenters. The Kier molecular flexibility index (Phi) is 3.19. The van der Waals surface area contributed by atoms with Gasteiger partial charge in [-0.15, -0.1) is 0 Å². The van der Waals surface area contributed by atoms with E-state index >= 15 is 0 Å². The maximum atomic E-state index is 9.48. The number of methoxy groups -OCH3 is 1. The second kappa shape index (κ2) is 4.19. The first kappa shape index (κ1) is 10.7. The monoisotopic (exact) mass is 215 g/mol. The predicted molar refractivity (Wildman–Crippen MR) is 53.7 cm³/mol. The molecule has 0 fully saturated rings. The number of aromatic hydroxyl groups is 1. The highest BCUT2D eigenvalue weighted by atomic mass is 35.5. The highest BCUT2D eigenvalue weighted by Crippen LogP contribution is 2.31. The Morgan fingerprint density at radius 3 is 2.64 bits per heavy atom. The molecule has 76 valence electrons. The third kappa shape index (κ3) is 1.90. The van der Waals surface area contributed by atoms with Crippen molar-refractivity contribution in [2.75, 3.05) is 7.11 Å². The number of phenolic OH excluding ortho intramolecular Hbond substituents is 1. The molecule has 0 aliphatic rings. The number of oxime groups is 1. The van der Waals surface area contributed by atoms with Gasteiger partial charge in [-0.2, -0.15) is 0 Å². The fraction of sp³-hybridized carbons (Fsp3) is 0.222. The van der Waals surface area contributed by atoms with Gasteiger partial charge in [0.15, 0.2) is 0 Å². The molecule has 1 rings (SSSR count). The zero-order valence-corrected chi connectivity index (χ0v) is 8.54. The topological polar surface area (TPSA) is 62.0 Å². The minimum absolute atomic E-state index is 0.0499. The third-order valence-electron chi connectivity index (χ3n) is 1.81. The van der Waals surface area contributed by atoms with Crippen LogP contribution < -0.4 is 4.74 Å². The fourth-order valence-corrected chi connectivity index (χ4v) is 1.28. The molecule has 0 heterocycles. The van der Waals surface area contributed by atoms with E-state index in [0.717, 1.165) is 0 Å². The van der Waals surface area contributed by atoms with Crippen molar-refractivity contribution in [1.82, 2.24) is 0 Å². The zero-order valence-electron chi connectivity index (χ0n) is 7.78. The summed E-state index contributed by atoms with van der Waals surface area (Å²) in [6.45, 7) is 1.56. The van der Waals surface area contributed by atoms with E-state index in [-0.39, 0.29) is 11.5 Å². The highest BCUT2D eigenvalue weighted by molar-refractivity contribution is 6.32. The van der Waals surface area contributed by atoms with Crippen molar-refractivity contribution >= 4 is 17.3 Å². The van der Waals surface area contributed by atoms with Crippen LogP contribution in [0.3, 0.4) is 0 Å². The van der Waals surface area contributed by atoms with Crippen molar-refractivity contribution in [2.24, 2.45) is 5.16 Å². The molecule has 0 saturated carbocycles. The number of rotatable bonds is 2. The molecule has 1 aromatic carbocycles. The van der Waals surface area contributed by atoms with E-state index in [2.05, 4.69) is 5.16 Å². The summed E-state index contributed by atoms with van der Waals surface area (Å²) in [7, 11) is 1.47. The summed E-state index contributed by atoms with van der Waals surface area (Å²) >= 11 is 5.76. The Hall–Kier alpha value is -1.42. The van der Waals surface area contributed by atoms with Crippen LogP contribution in [-0.4, -0.2) is 23.1 Å². The van der Waals surface area contributed by atoms with Gasteiger partial charge in [0.2, 0.25) is 0 Å². The molecule has 5 heteroatoms. The van der Waals surface area contributed by atoms with Crippen LogP contribution in [0.2, 0.25) is 5.02 Å². The molecule has 1 aromatic rings. The minimum atomic E-state index is -0.0499. The number of halogens is 1. The molecule has 0 aliphatic heterocycles. The zero-order chi connectivity index (χ0) is 10.7. The molecule has 0 bridgehead atoms. The molecule has 0 unspecified atom stereocenters. The molecule has 0 radical (unpaired) electrons. The van der Waals surface area contributed by atoms with Crippen LogP contribution in [0.25, 0.3) is 0 Å². The standard InChI is InChI=1S/C9H10ClNO3/c1-5(11-13)6-3-9(14-2)7(10)4-8(6)12/h3-4,12-13H,1-2H3. The fourth-order valence-electron chi connectivity index (χ4n) is 1.04. The summed E-state index contributed by atoms with van der Waals surface area (Å²) in [4.78, 5) is 0. The van der Waals surface area contributed by atoms with Gasteiger partial charge in [0.1, 0.15) is 11.5 Å². The van der Waals surface area contributed by atoms with Gasteiger partial charge in [-0.25, -0.2) is 0 Å². The van der Waals surface area contributed by atoms with Crippen LogP contribution in [0.1, 0.15) is 12.5 Å². The van der Waals surface area contributed by atoms with E-state index in [4.69, 9.17) is 21.5 Å². The van der Waals surface area contributed by atoms with Crippen molar-refractivity contribution in [1.29, 1.82) is 0 Å². The predicted octanol–water partition coefficient (Wildman–Crippen LogP) is 2.25. The van der Waals surface area contributed by atoms with Crippen molar-refractivity contribution in [3.8, 4) is 11.5 Å². The summed E-state index contributed by atoms with van der Waals surface area (Å²) in [5, 5.41) is 21.3. The van der Waals surface area contributed by atoms with Crippen molar-refractivity contribution < 1.29 is 15.1 Å². The van der Waals surface area contributed by atoms with Crippen LogP contribution in [0.5, 0.6) is 11.5 Å². The van der Waals surface area contributed by atoms with Gasteiger partial charge < -0.3 is 15.1 Å². The number of phenols is 1. The average Bonchev–Trinajstić information content (AvgIpc) is 2.17. The van der Waals surface area contributed by atoms with Crippen LogP contribution in [0.15, 0.2) is 17.3 Å². The van der Waals surface area contributed by atoms with Gasteiger partial charge in [-0.3, -0.25) is 0 Å². The van der Waals surface area contributed by atoms with Gasteiger partial charge >= 0.3 is 0 Å². The van der Waals surface area contributed by atoms with Crippen LogP contribution in [0, 0.1) is 0 Å². The van der Waals surface area contributed by atoms with E-state index in [1.54, 1.807) is 6.92 Å². The summed E-state index contributed by atoms with van der Waals surface area (Å²) in [6.07, 6.45) is 0. The summed E-state index contributed by atoms with van der Waals surface area (Å²) in [5.41, 5.74) is 0.672. The maximum absolute atomic E-state index is 9.48. The Morgan fingerprint density at radius 1 is 1.50 bits per heavy atom. The quantitative estimate of drug-likeness (QED) is 0.452. The number of ether oxygens (including phenoxy) is 1. The molecular formula is C9H10ClNO3. The number of nitrogens with zero attached hydrogens (tertiary/aromatic N) is 1. The van der Waals surface area contributed by atoms with E-state index in [1.165, 1.54) is 19.2 Å². The average molecular weight is 216 g/mol. The molecule has 0 aliphatic carbocycles. The Balaban J connectivity index is 3.31. The van der Waals surface area contributed by atoms with Crippen molar-refractivity contribution in [3.63, 3.8) is 0 Å². The highest BCUT2D eigenvalue weighted by Gasteiger charge is 2.10. The number of hydrogen-bond acceptors (Lipinski definition) is 4. The van der Waals surface area contributed by atoms with E-state index in [1.807, 2.05) is 0 Å². The second-order valence-corrected chi connectivity index (χ2v) is 3.10. The molecule has 0 spiro atoms. The van der Waals surface area contributed by atoms with E-state index in [9.17, 15) is 5.11 Å². The Bertz CT molecular complexity index is 377. The van der Waals surface area contributed by atoms with Crippen molar-refractivity contribution in [2.45, 2.75) is 6.92 Å². The van der Waals surface area contributed by atoms with Crippen molar-refractivity contribution in [3.05, 3.63) is 22.7 Å². The number of hydrogen-bond donors (Lipinski definition) is 2. The Labute approximate surface area is 86.4 Å². The van der Waals surface area contributed by atoms with Gasteiger partial charge in [0, 0.05) is 11.6 Å². The van der Waals surface area contributed by atoms with Crippen LogP contribution in [0.4, 0.5) is 0 Å². The molecule has 2 N–H and O–H groups in total. The molecule has 0 amide bonds. The van der Waals surface area contributed by atoms with Gasteiger partial charge in [0.25, 0.3) is 0 Å². The lowest BCUT2D eigenvalue weighted by Gasteiger charge is -2.07. The minimum Gasteiger partial charge on any atom is -0.507 e. The SMILES string of the molecule is COc1cc(C(C)=NO)c(O)cc1Cl. The lowest BCUT2D eigenvalue weighted by Crippen LogP contribution is -1.96. The second-order valence-electron chi connectivity index (χ2n) is 2.69. The van der Waals surface area contributed by atoms with Crippen LogP contribution >= 0.6 is 11.6 Å². The van der Waals surface area contributed by atoms with Gasteiger partial charge in [-0.1, -0.05) is 16.8 Å². The largest absolute Gasteiger partial charge is 0.507 e. The number of benzene rings is 1. The third-order valence-corrected chi connectivity index (χ3v) is 2.11. The first-order chi connectivity index (χ1) is 6.60. The first-order valence-electron chi connectivity index (χ1n) is 3.85. The first-order valence-corrected chi connectivity index (χ1v) is 4.23. The molecule has 14 heavy (non-hydrogen) atoms. The van der Waals surface area contributed by atoms with Crippen LogP contribution in [-0.2, 0) is 0 Å². The van der Waals surface area contributed by atoms with E-state index in [0.29, 0.717) is 16.3 Å². The summed E-state index contributed by atoms with van der Waals surface area (Å²) < 4.78 is 4.96. The van der Waals surface area contributed by atoms with Gasteiger partial charge in [-0.05, 0) is 13.0 Å². The Morgan fingerprint density at radius 2 is 2.14 bits per heavy atom. The molecule has 4 nitrogen and oxygen atoms in total. The lowest BCUT2D eigenvalue weighted by molar-refractivity contribution is 0.318. The maximum Gasteiger partial charge on any atom is 0.138 e. The lowest BCUT2D eigenvalue weighted by atomic mass is 10.1. The summed E-state index contributed by atoms with van der Waals surface area (Å²) in [6, 6.07) is 2.84. The normalized spacial score (nSPS) is 11.5. The molecular weight excluding hydrogens is 206 g/mol. The van der Waals surface area contributed by atoms with Gasteiger partial charge in [0.05, 0.1) is 17.8 Å². The van der Waals surface area contributed by atoms with E-state index < -0.39 is 0 Å².